The van der Waals surface area contributed by atoms with Crippen molar-refractivity contribution < 1.29 is 20.3 Å². The van der Waals surface area contributed by atoms with E-state index in [2.05, 4.69) is 30.8 Å². The lowest BCUT2D eigenvalue weighted by Crippen LogP contribution is -2.38. The van der Waals surface area contributed by atoms with E-state index in [0.717, 1.165) is 36.4 Å². The fourth-order valence-corrected chi connectivity index (χ4v) is 4.59. The molecule has 0 spiro atoms. The van der Waals surface area contributed by atoms with Gasteiger partial charge in [0.25, 0.3) is 5.89 Å². The fourth-order valence-electron chi connectivity index (χ4n) is 3.64. The van der Waals surface area contributed by atoms with Crippen LogP contribution in [0.25, 0.3) is 22.8 Å². The Morgan fingerprint density at radius 2 is 2.06 bits per heavy atom. The van der Waals surface area contributed by atoms with Crippen LogP contribution in [0.2, 0.25) is 0 Å². The quantitative estimate of drug-likeness (QED) is 0.513. The predicted octanol–water partition coefficient (Wildman–Crippen LogP) is 2.17. The highest BCUT2D eigenvalue weighted by molar-refractivity contribution is 7.85. The van der Waals surface area contributed by atoms with Crippen LogP contribution in [-0.2, 0) is 10.8 Å². The molecule has 2 unspecified atom stereocenters. The van der Waals surface area contributed by atoms with Gasteiger partial charge in [0, 0.05) is 23.7 Å². The molecule has 2 aromatic heterocycles. The SMILES string of the molecule is Cc1ncc(-c2ccc(S(=O)C(C)C)cc2)nc1-c1nnc(C(=O)NCC2CCCNC2)o1.O.[HH]. The second-order valence-corrected chi connectivity index (χ2v) is 10.4. The number of hydrogen-bond acceptors (Lipinski definition) is 8. The number of hydrogen-bond donors (Lipinski definition) is 2. The number of rotatable bonds is 7. The molecule has 4 rings (SSSR count). The number of benzene rings is 1. The molecule has 184 valence electrons. The lowest BCUT2D eigenvalue weighted by molar-refractivity contribution is 0.0910. The first-order valence-corrected chi connectivity index (χ1v) is 12.3. The minimum Gasteiger partial charge on any atom is -0.412 e. The van der Waals surface area contributed by atoms with Crippen LogP contribution in [0, 0.1) is 12.8 Å². The molecule has 1 aliphatic rings. The molecule has 0 radical (unpaired) electrons. The second-order valence-electron chi connectivity index (χ2n) is 8.39. The number of piperidine rings is 1. The van der Waals surface area contributed by atoms with E-state index in [0.29, 0.717) is 29.5 Å². The largest absolute Gasteiger partial charge is 0.412 e. The molecule has 4 N–H and O–H groups in total. The molecule has 1 amide bonds. The van der Waals surface area contributed by atoms with Crippen LogP contribution in [0.3, 0.4) is 0 Å². The summed E-state index contributed by atoms with van der Waals surface area (Å²) in [6.07, 6.45) is 3.85. The minimum absolute atomic E-state index is 0. The van der Waals surface area contributed by atoms with Gasteiger partial charge in [0.05, 0.1) is 28.4 Å². The van der Waals surface area contributed by atoms with Gasteiger partial charge >= 0.3 is 11.8 Å². The number of carbonyl (C=O) groups is 1. The van der Waals surface area contributed by atoms with Crippen molar-refractivity contribution in [3.8, 4) is 22.8 Å². The van der Waals surface area contributed by atoms with Crippen LogP contribution < -0.4 is 10.6 Å². The normalized spacial score (nSPS) is 16.6. The van der Waals surface area contributed by atoms with Crippen molar-refractivity contribution >= 4 is 16.7 Å². The van der Waals surface area contributed by atoms with Crippen LogP contribution in [0.5, 0.6) is 0 Å². The number of nitrogens with zero attached hydrogens (tertiary/aromatic N) is 4. The minimum atomic E-state index is -1.05. The van der Waals surface area contributed by atoms with Crippen molar-refractivity contribution in [3.63, 3.8) is 0 Å². The van der Waals surface area contributed by atoms with Crippen LogP contribution in [-0.4, -0.2) is 60.6 Å². The van der Waals surface area contributed by atoms with Gasteiger partial charge in [-0.25, -0.2) is 4.98 Å². The smallest absolute Gasteiger partial charge is 0.308 e. The molecule has 3 aromatic rings. The summed E-state index contributed by atoms with van der Waals surface area (Å²) in [5.74, 6) is 0.0545. The van der Waals surface area contributed by atoms with E-state index in [1.807, 2.05) is 38.1 Å². The van der Waals surface area contributed by atoms with Crippen molar-refractivity contribution in [2.75, 3.05) is 19.6 Å². The molecular weight excluding hydrogens is 456 g/mol. The monoisotopic (exact) mass is 488 g/mol. The third-order valence-corrected chi connectivity index (χ3v) is 7.13. The summed E-state index contributed by atoms with van der Waals surface area (Å²) in [6, 6.07) is 7.41. The van der Waals surface area contributed by atoms with Gasteiger partial charge in [-0.3, -0.25) is 14.0 Å². The zero-order valence-corrected chi connectivity index (χ0v) is 20.3. The average molecular weight is 489 g/mol. The van der Waals surface area contributed by atoms with E-state index in [9.17, 15) is 9.00 Å². The van der Waals surface area contributed by atoms with Gasteiger partial charge in [-0.1, -0.05) is 26.0 Å². The average Bonchev–Trinajstić information content (AvgIpc) is 3.33. The van der Waals surface area contributed by atoms with Crippen molar-refractivity contribution in [3.05, 3.63) is 42.0 Å². The first kappa shape index (κ1) is 25.6. The predicted molar refractivity (Wildman–Crippen MR) is 131 cm³/mol. The van der Waals surface area contributed by atoms with Crippen molar-refractivity contribution in [1.29, 1.82) is 0 Å². The Hall–Kier alpha value is -3.02. The summed E-state index contributed by atoms with van der Waals surface area (Å²) in [5.41, 5.74) is 2.48. The molecule has 34 heavy (non-hydrogen) atoms. The number of amides is 1. The molecule has 1 saturated heterocycles. The first-order chi connectivity index (χ1) is 15.9. The topological polar surface area (TPSA) is 154 Å². The molecule has 0 aliphatic carbocycles. The Kier molecular flexibility index (Phi) is 8.59. The van der Waals surface area contributed by atoms with Crippen LogP contribution in [0.1, 0.15) is 44.5 Å². The molecule has 11 heteroatoms. The summed E-state index contributed by atoms with van der Waals surface area (Å²) >= 11 is 0. The third-order valence-electron chi connectivity index (χ3n) is 5.54. The first-order valence-electron chi connectivity index (χ1n) is 11.1. The number of aryl methyl sites for hydroxylation is 1. The van der Waals surface area contributed by atoms with Gasteiger partial charge in [-0.15, -0.1) is 10.2 Å². The number of carbonyl (C=O) groups excluding carboxylic acids is 1. The molecule has 1 fully saturated rings. The molecular formula is C23H32N6O4S. The van der Waals surface area contributed by atoms with E-state index in [-0.39, 0.29) is 23.9 Å². The van der Waals surface area contributed by atoms with Crippen molar-refractivity contribution in [2.24, 2.45) is 5.92 Å². The highest BCUT2D eigenvalue weighted by Crippen LogP contribution is 2.25. The maximum atomic E-state index is 12.5. The Balaban J connectivity index is 0.00000216. The molecule has 10 nitrogen and oxygen atoms in total. The summed E-state index contributed by atoms with van der Waals surface area (Å²) in [7, 11) is -1.05. The Morgan fingerprint density at radius 3 is 2.74 bits per heavy atom. The summed E-state index contributed by atoms with van der Waals surface area (Å²) in [4.78, 5) is 22.3. The van der Waals surface area contributed by atoms with Gasteiger partial charge in [-0.2, -0.15) is 0 Å². The summed E-state index contributed by atoms with van der Waals surface area (Å²) in [6.45, 7) is 8.13. The third kappa shape index (κ3) is 5.91. The summed E-state index contributed by atoms with van der Waals surface area (Å²) in [5, 5.41) is 14.2. The van der Waals surface area contributed by atoms with E-state index in [4.69, 9.17) is 4.42 Å². The molecule has 0 bridgehead atoms. The fraction of sp³-hybridized carbons (Fsp3) is 0.435. The van der Waals surface area contributed by atoms with E-state index in [1.54, 1.807) is 13.1 Å². The lowest BCUT2D eigenvalue weighted by Gasteiger charge is -2.22. The lowest BCUT2D eigenvalue weighted by atomic mass is 10.00. The molecule has 0 saturated carbocycles. The van der Waals surface area contributed by atoms with Crippen LogP contribution in [0.4, 0.5) is 0 Å². The number of nitrogens with one attached hydrogen (secondary N) is 2. The maximum absolute atomic E-state index is 12.5. The Morgan fingerprint density at radius 1 is 1.29 bits per heavy atom. The zero-order valence-electron chi connectivity index (χ0n) is 19.5. The van der Waals surface area contributed by atoms with Crippen molar-refractivity contribution in [1.82, 2.24) is 30.8 Å². The molecule has 2 atom stereocenters. The Labute approximate surface area is 202 Å². The molecule has 1 aliphatic heterocycles. The zero-order chi connectivity index (χ0) is 23.4. The van der Waals surface area contributed by atoms with E-state index in [1.165, 1.54) is 0 Å². The van der Waals surface area contributed by atoms with Gasteiger partial charge in [0.1, 0.15) is 5.69 Å². The van der Waals surface area contributed by atoms with Crippen LogP contribution >= 0.6 is 0 Å². The second kappa shape index (κ2) is 11.4. The molecule has 3 heterocycles. The molecule has 1 aromatic carbocycles. The van der Waals surface area contributed by atoms with Gasteiger partial charge < -0.3 is 20.5 Å². The highest BCUT2D eigenvalue weighted by Gasteiger charge is 2.21. The van der Waals surface area contributed by atoms with E-state index >= 15 is 0 Å². The summed E-state index contributed by atoms with van der Waals surface area (Å²) < 4.78 is 17.9. The van der Waals surface area contributed by atoms with Gasteiger partial charge in [-0.05, 0) is 50.9 Å². The Bertz CT molecular complexity index is 1150. The van der Waals surface area contributed by atoms with Gasteiger partial charge in [0.2, 0.25) is 0 Å². The van der Waals surface area contributed by atoms with Crippen molar-refractivity contribution in [2.45, 2.75) is 43.8 Å². The number of aromatic nitrogens is 4. The maximum Gasteiger partial charge on any atom is 0.308 e. The highest BCUT2D eigenvalue weighted by atomic mass is 32.2. The van der Waals surface area contributed by atoms with Gasteiger partial charge in [0.15, 0.2) is 0 Å². The van der Waals surface area contributed by atoms with E-state index < -0.39 is 16.7 Å². The van der Waals surface area contributed by atoms with Crippen LogP contribution in [0.15, 0.2) is 39.8 Å². The standard InChI is InChI=1S/C23H28N6O3S.H2O.H2/c1-14(2)33(31)18-8-6-17(7-9-18)19-13-25-15(3)20(27-19)22-28-29-23(32-22)21(30)26-12-16-5-4-10-24-11-16;;/h6-9,13-14,16,24H,4-5,10-12H2,1-3H3,(H,26,30);1H2;1H.